The number of carbonyl (C=O) groups is 1. The van der Waals surface area contributed by atoms with Gasteiger partial charge in [0.2, 0.25) is 5.91 Å². The fraction of sp³-hybridized carbons (Fsp3) is 0.643. The van der Waals surface area contributed by atoms with Gasteiger partial charge in [-0.15, -0.1) is 0 Å². The molecule has 0 aliphatic carbocycles. The Hall–Kier alpha value is -1.29. The van der Waals surface area contributed by atoms with Crippen LogP contribution in [0.3, 0.4) is 0 Å². The van der Waals surface area contributed by atoms with Crippen LogP contribution in [0.4, 0.5) is 0 Å². The third kappa shape index (κ3) is 3.88. The van der Waals surface area contributed by atoms with Crippen LogP contribution in [0.1, 0.15) is 26.2 Å². The standard InChI is InChI=1S/C14H22N2O2/c1-12(13-6-10-18-11-13)15-14(17)5-4-9-16-7-2-3-8-16/h2-3,7-8,12-13H,4-6,9-11H2,1H3,(H,15,17)/t12-,13-/m1/s1. The van der Waals surface area contributed by atoms with Gasteiger partial charge in [0.15, 0.2) is 0 Å². The highest BCUT2D eigenvalue weighted by Gasteiger charge is 2.23. The molecule has 1 aromatic heterocycles. The smallest absolute Gasteiger partial charge is 0.220 e. The zero-order valence-electron chi connectivity index (χ0n) is 11.0. The van der Waals surface area contributed by atoms with Gasteiger partial charge in [0.05, 0.1) is 6.61 Å². The van der Waals surface area contributed by atoms with Crippen LogP contribution in [-0.2, 0) is 16.1 Å². The molecule has 1 saturated heterocycles. The highest BCUT2D eigenvalue weighted by molar-refractivity contribution is 5.76. The molecule has 4 heteroatoms. The molecule has 18 heavy (non-hydrogen) atoms. The SMILES string of the molecule is C[C@@H](NC(=O)CCCn1cccc1)[C@@H]1CCOC1. The Kier molecular flexibility index (Phi) is 4.81. The first-order valence-corrected chi connectivity index (χ1v) is 6.73. The van der Waals surface area contributed by atoms with E-state index in [4.69, 9.17) is 4.74 Å². The summed E-state index contributed by atoms with van der Waals surface area (Å²) in [5.41, 5.74) is 0. The predicted octanol–water partition coefficient (Wildman–Crippen LogP) is 1.81. The summed E-state index contributed by atoms with van der Waals surface area (Å²) >= 11 is 0. The molecule has 0 bridgehead atoms. The molecule has 1 N–H and O–H groups in total. The normalized spacial score (nSPS) is 20.8. The molecule has 1 fully saturated rings. The summed E-state index contributed by atoms with van der Waals surface area (Å²) in [6, 6.07) is 4.23. The second-order valence-electron chi connectivity index (χ2n) is 5.00. The van der Waals surface area contributed by atoms with Crippen molar-refractivity contribution in [1.82, 2.24) is 9.88 Å². The minimum absolute atomic E-state index is 0.154. The lowest BCUT2D eigenvalue weighted by molar-refractivity contribution is -0.122. The molecule has 1 aliphatic heterocycles. The van der Waals surface area contributed by atoms with E-state index < -0.39 is 0 Å². The van der Waals surface area contributed by atoms with E-state index >= 15 is 0 Å². The van der Waals surface area contributed by atoms with Crippen molar-refractivity contribution in [3.63, 3.8) is 0 Å². The third-order valence-electron chi connectivity index (χ3n) is 3.55. The van der Waals surface area contributed by atoms with Crippen molar-refractivity contribution in [2.24, 2.45) is 5.92 Å². The van der Waals surface area contributed by atoms with E-state index in [1.165, 1.54) is 0 Å². The Morgan fingerprint density at radius 3 is 2.94 bits per heavy atom. The first kappa shape index (κ1) is 13.1. The number of nitrogens with one attached hydrogen (secondary N) is 1. The number of hydrogen-bond donors (Lipinski definition) is 1. The van der Waals surface area contributed by atoms with E-state index in [1.54, 1.807) is 0 Å². The van der Waals surface area contributed by atoms with Crippen LogP contribution >= 0.6 is 0 Å². The molecular formula is C14H22N2O2. The molecule has 1 aliphatic rings. The summed E-state index contributed by atoms with van der Waals surface area (Å²) in [6.45, 7) is 4.59. The van der Waals surface area contributed by atoms with Crippen molar-refractivity contribution in [1.29, 1.82) is 0 Å². The van der Waals surface area contributed by atoms with Gasteiger partial charge < -0.3 is 14.6 Å². The summed E-state index contributed by atoms with van der Waals surface area (Å²) in [4.78, 5) is 11.8. The fourth-order valence-corrected chi connectivity index (χ4v) is 2.33. The molecule has 1 amide bonds. The van der Waals surface area contributed by atoms with Gasteiger partial charge in [0, 0.05) is 43.9 Å². The molecule has 0 saturated carbocycles. The fourth-order valence-electron chi connectivity index (χ4n) is 2.33. The van der Waals surface area contributed by atoms with Crippen LogP contribution in [0.2, 0.25) is 0 Å². The quantitative estimate of drug-likeness (QED) is 0.836. The minimum Gasteiger partial charge on any atom is -0.381 e. The molecule has 2 rings (SSSR count). The molecule has 2 atom stereocenters. The molecule has 1 aromatic rings. The highest BCUT2D eigenvalue weighted by atomic mass is 16.5. The van der Waals surface area contributed by atoms with Crippen molar-refractivity contribution < 1.29 is 9.53 Å². The van der Waals surface area contributed by atoms with E-state index in [0.717, 1.165) is 32.6 Å². The Morgan fingerprint density at radius 2 is 2.28 bits per heavy atom. The molecule has 0 spiro atoms. The number of hydrogen-bond acceptors (Lipinski definition) is 2. The van der Waals surface area contributed by atoms with Crippen molar-refractivity contribution in [2.45, 2.75) is 38.8 Å². The van der Waals surface area contributed by atoms with Gasteiger partial charge in [-0.3, -0.25) is 4.79 Å². The minimum atomic E-state index is 0.154. The first-order valence-electron chi connectivity index (χ1n) is 6.73. The summed E-state index contributed by atoms with van der Waals surface area (Å²) in [6.07, 6.45) is 6.59. The van der Waals surface area contributed by atoms with Gasteiger partial charge in [-0.2, -0.15) is 0 Å². The Labute approximate surface area is 108 Å². The zero-order valence-corrected chi connectivity index (χ0v) is 11.0. The van der Waals surface area contributed by atoms with Crippen molar-refractivity contribution in [2.75, 3.05) is 13.2 Å². The number of amides is 1. The van der Waals surface area contributed by atoms with E-state index in [0.29, 0.717) is 12.3 Å². The number of rotatable bonds is 6. The monoisotopic (exact) mass is 250 g/mol. The molecule has 0 aromatic carbocycles. The molecular weight excluding hydrogens is 228 g/mol. The Balaban J connectivity index is 1.62. The molecule has 4 nitrogen and oxygen atoms in total. The first-order chi connectivity index (χ1) is 8.75. The van der Waals surface area contributed by atoms with Gasteiger partial charge in [-0.05, 0) is 31.9 Å². The van der Waals surface area contributed by atoms with Crippen LogP contribution in [0.5, 0.6) is 0 Å². The summed E-state index contributed by atoms with van der Waals surface area (Å²) in [5.74, 6) is 0.639. The van der Waals surface area contributed by atoms with E-state index in [9.17, 15) is 4.79 Å². The number of aromatic nitrogens is 1. The number of carbonyl (C=O) groups excluding carboxylic acids is 1. The second kappa shape index (κ2) is 6.59. The van der Waals surface area contributed by atoms with E-state index in [-0.39, 0.29) is 11.9 Å². The Bertz CT molecular complexity index is 356. The Morgan fingerprint density at radius 1 is 1.50 bits per heavy atom. The van der Waals surface area contributed by atoms with Crippen molar-refractivity contribution in [3.8, 4) is 0 Å². The van der Waals surface area contributed by atoms with Crippen molar-refractivity contribution >= 4 is 5.91 Å². The lowest BCUT2D eigenvalue weighted by atomic mass is 10.0. The molecule has 2 heterocycles. The van der Waals surface area contributed by atoms with Crippen LogP contribution in [0, 0.1) is 5.92 Å². The van der Waals surface area contributed by atoms with Gasteiger partial charge in [0.1, 0.15) is 0 Å². The van der Waals surface area contributed by atoms with Gasteiger partial charge in [-0.25, -0.2) is 0 Å². The average molecular weight is 250 g/mol. The van der Waals surface area contributed by atoms with Crippen LogP contribution in [0.15, 0.2) is 24.5 Å². The van der Waals surface area contributed by atoms with Crippen molar-refractivity contribution in [3.05, 3.63) is 24.5 Å². The third-order valence-corrected chi connectivity index (χ3v) is 3.55. The number of ether oxygens (including phenoxy) is 1. The maximum absolute atomic E-state index is 11.8. The topological polar surface area (TPSA) is 43.3 Å². The summed E-state index contributed by atoms with van der Waals surface area (Å²) in [7, 11) is 0. The number of aryl methyl sites for hydroxylation is 1. The average Bonchev–Trinajstić information content (AvgIpc) is 3.02. The van der Waals surface area contributed by atoms with Gasteiger partial charge in [-0.1, -0.05) is 0 Å². The zero-order chi connectivity index (χ0) is 12.8. The van der Waals surface area contributed by atoms with E-state index in [2.05, 4.69) is 16.8 Å². The second-order valence-corrected chi connectivity index (χ2v) is 5.00. The lowest BCUT2D eigenvalue weighted by Crippen LogP contribution is -2.38. The predicted molar refractivity (Wildman–Crippen MR) is 70.2 cm³/mol. The summed E-state index contributed by atoms with van der Waals surface area (Å²) < 4.78 is 7.43. The molecule has 0 unspecified atom stereocenters. The maximum atomic E-state index is 11.8. The largest absolute Gasteiger partial charge is 0.381 e. The van der Waals surface area contributed by atoms with Crippen LogP contribution in [0.25, 0.3) is 0 Å². The number of nitrogens with zero attached hydrogens (tertiary/aromatic N) is 1. The maximum Gasteiger partial charge on any atom is 0.220 e. The van der Waals surface area contributed by atoms with Crippen LogP contribution < -0.4 is 5.32 Å². The molecule has 0 radical (unpaired) electrons. The van der Waals surface area contributed by atoms with Gasteiger partial charge in [0.25, 0.3) is 0 Å². The summed E-state index contributed by atoms with van der Waals surface area (Å²) in [5, 5.41) is 3.07. The highest BCUT2D eigenvalue weighted by Crippen LogP contribution is 2.16. The van der Waals surface area contributed by atoms with Crippen LogP contribution in [-0.4, -0.2) is 29.7 Å². The van der Waals surface area contributed by atoms with E-state index in [1.807, 2.05) is 24.5 Å². The van der Waals surface area contributed by atoms with Gasteiger partial charge >= 0.3 is 0 Å². The lowest BCUT2D eigenvalue weighted by Gasteiger charge is -2.19. The molecule has 100 valence electrons.